The largest absolute Gasteiger partial charge is 0.496 e. The highest BCUT2D eigenvalue weighted by Gasteiger charge is 2.21. The van der Waals surface area contributed by atoms with Gasteiger partial charge in [-0.05, 0) is 80.5 Å². The third-order valence-electron chi connectivity index (χ3n) is 8.53. The number of nitrogens with zero attached hydrogens (tertiary/aromatic N) is 5. The smallest absolute Gasteiger partial charge is 0.266 e. The maximum Gasteiger partial charge on any atom is 0.266 e. The monoisotopic (exact) mass is 694 g/mol. The quantitative estimate of drug-likeness (QED) is 0.182. The van der Waals surface area contributed by atoms with Gasteiger partial charge in [-0.15, -0.1) is 0 Å². The number of rotatable bonds is 11. The van der Waals surface area contributed by atoms with Gasteiger partial charge in [0.15, 0.2) is 11.6 Å². The molecule has 0 radical (unpaired) electrons. The summed E-state index contributed by atoms with van der Waals surface area (Å²) in [5, 5.41) is 9.76. The summed E-state index contributed by atoms with van der Waals surface area (Å²) in [7, 11) is 3.61. The van der Waals surface area contributed by atoms with Crippen LogP contribution in [0.25, 0.3) is 17.0 Å². The van der Waals surface area contributed by atoms with E-state index in [1.807, 2.05) is 24.3 Å². The minimum Gasteiger partial charge on any atom is -0.496 e. The molecule has 0 spiro atoms. The minimum atomic E-state index is -1.03. The van der Waals surface area contributed by atoms with Crippen molar-refractivity contribution in [3.8, 4) is 5.75 Å². The van der Waals surface area contributed by atoms with Gasteiger partial charge in [0.1, 0.15) is 11.3 Å². The van der Waals surface area contributed by atoms with Crippen LogP contribution in [0.4, 0.5) is 20.4 Å². The van der Waals surface area contributed by atoms with Crippen LogP contribution in [0, 0.1) is 11.6 Å². The van der Waals surface area contributed by atoms with Gasteiger partial charge in [0.2, 0.25) is 5.95 Å². The van der Waals surface area contributed by atoms with Crippen LogP contribution in [-0.2, 0) is 6.54 Å². The molecule has 1 aliphatic rings. The van der Waals surface area contributed by atoms with Crippen LogP contribution in [0.5, 0.6) is 5.75 Å². The Hall–Kier alpha value is -6.02. The first kappa shape index (κ1) is 34.8. The SMILES string of the molecule is COc1cc(Nc2ncc3cc(/C=C/CNC(=O)c4cncn(Cc5ccc(F)c(F)c5)c4=O)ccc3n2)ccc1C(=O)NC1CCN(C)CC1. The van der Waals surface area contributed by atoms with Gasteiger partial charge in [0.05, 0.1) is 31.1 Å². The topological polar surface area (TPSA) is 143 Å². The lowest BCUT2D eigenvalue weighted by atomic mass is 10.0. The lowest BCUT2D eigenvalue weighted by Gasteiger charge is -2.29. The number of hydrogen-bond acceptors (Lipinski definition) is 9. The van der Waals surface area contributed by atoms with Crippen LogP contribution in [0.2, 0.25) is 0 Å². The first-order chi connectivity index (χ1) is 24.7. The van der Waals surface area contributed by atoms with Crippen molar-refractivity contribution in [3.05, 3.63) is 124 Å². The highest BCUT2D eigenvalue weighted by molar-refractivity contribution is 5.97. The Morgan fingerprint density at radius 1 is 0.980 bits per heavy atom. The number of piperidine rings is 1. The fourth-order valence-electron chi connectivity index (χ4n) is 5.71. The van der Waals surface area contributed by atoms with Gasteiger partial charge in [-0.1, -0.05) is 24.3 Å². The van der Waals surface area contributed by atoms with Crippen molar-refractivity contribution in [1.29, 1.82) is 0 Å². The fourth-order valence-corrected chi connectivity index (χ4v) is 5.71. The number of fused-ring (bicyclic) bond motifs is 1. The second-order valence-electron chi connectivity index (χ2n) is 12.2. The molecular weight excluding hydrogens is 658 g/mol. The van der Waals surface area contributed by atoms with Crippen LogP contribution in [0.3, 0.4) is 0 Å². The van der Waals surface area contributed by atoms with Crippen molar-refractivity contribution in [2.75, 3.05) is 39.1 Å². The molecule has 0 bridgehead atoms. The molecule has 0 unspecified atom stereocenters. The van der Waals surface area contributed by atoms with E-state index in [0.29, 0.717) is 34.0 Å². The second-order valence-corrected chi connectivity index (χ2v) is 12.2. The lowest BCUT2D eigenvalue weighted by Crippen LogP contribution is -2.43. The van der Waals surface area contributed by atoms with Crippen molar-refractivity contribution in [3.63, 3.8) is 0 Å². The predicted octanol–water partition coefficient (Wildman–Crippen LogP) is 4.53. The van der Waals surface area contributed by atoms with Crippen LogP contribution >= 0.6 is 0 Å². The summed E-state index contributed by atoms with van der Waals surface area (Å²) in [6.07, 6.45) is 9.45. The number of likely N-dealkylation sites (tertiary alicyclic amines) is 1. The summed E-state index contributed by atoms with van der Waals surface area (Å²) in [4.78, 5) is 53.8. The van der Waals surface area contributed by atoms with Crippen LogP contribution < -0.4 is 26.2 Å². The molecule has 0 atom stereocenters. The molecule has 0 saturated carbocycles. The van der Waals surface area contributed by atoms with Gasteiger partial charge in [-0.3, -0.25) is 19.0 Å². The Kier molecular flexibility index (Phi) is 10.7. The standard InChI is InChI=1S/C37H36F2N8O4/c1-46-14-11-26(12-15-46)43-35(49)28-8-7-27(18-33(28)51-2)44-37-42-19-25-16-23(6-10-32(25)45-37)4-3-13-41-34(48)29-20-40-22-47(36(29)50)21-24-5-9-30(38)31(39)17-24/h3-10,16-20,22,26H,11-15,21H2,1-2H3,(H,41,48)(H,43,49)(H,42,44,45)/b4-3+. The van der Waals surface area contributed by atoms with Crippen molar-refractivity contribution in [2.45, 2.75) is 25.4 Å². The number of nitrogens with one attached hydrogen (secondary N) is 3. The molecule has 1 aliphatic heterocycles. The summed E-state index contributed by atoms with van der Waals surface area (Å²) >= 11 is 0. The lowest BCUT2D eigenvalue weighted by molar-refractivity contribution is 0.0912. The number of carbonyl (C=O) groups is 2. The molecule has 0 aliphatic carbocycles. The molecule has 51 heavy (non-hydrogen) atoms. The maximum atomic E-state index is 13.6. The van der Waals surface area contributed by atoms with Crippen LogP contribution in [0.1, 0.15) is 44.7 Å². The second kappa shape index (κ2) is 15.7. The highest BCUT2D eigenvalue weighted by atomic mass is 19.2. The predicted molar refractivity (Wildman–Crippen MR) is 189 cm³/mol. The van der Waals surface area contributed by atoms with E-state index in [2.05, 4.69) is 42.8 Å². The normalized spacial score (nSPS) is 13.7. The molecule has 262 valence electrons. The van der Waals surface area contributed by atoms with Crippen molar-refractivity contribution in [1.82, 2.24) is 35.1 Å². The Morgan fingerprint density at radius 3 is 2.59 bits per heavy atom. The maximum absolute atomic E-state index is 13.6. The number of halogens is 2. The van der Waals surface area contributed by atoms with Crippen LogP contribution in [0.15, 0.2) is 84.2 Å². The van der Waals surface area contributed by atoms with Crippen molar-refractivity contribution >= 4 is 40.4 Å². The first-order valence-corrected chi connectivity index (χ1v) is 16.3. The average Bonchev–Trinajstić information content (AvgIpc) is 3.13. The number of benzene rings is 3. The molecular formula is C37H36F2N8O4. The van der Waals surface area contributed by atoms with E-state index in [1.54, 1.807) is 30.5 Å². The third-order valence-corrected chi connectivity index (χ3v) is 8.53. The van der Waals surface area contributed by atoms with Gasteiger partial charge < -0.3 is 25.6 Å². The number of ether oxygens (including phenoxy) is 1. The number of carbonyl (C=O) groups excluding carboxylic acids is 2. The van der Waals surface area contributed by atoms with Gasteiger partial charge in [0.25, 0.3) is 17.4 Å². The number of methoxy groups -OCH3 is 1. The number of amides is 2. The van der Waals surface area contributed by atoms with Gasteiger partial charge >= 0.3 is 0 Å². The number of aromatic nitrogens is 4. The van der Waals surface area contributed by atoms with E-state index in [9.17, 15) is 23.2 Å². The highest BCUT2D eigenvalue weighted by Crippen LogP contribution is 2.26. The summed E-state index contributed by atoms with van der Waals surface area (Å²) in [5.41, 5.74) is 2.23. The van der Waals surface area contributed by atoms with E-state index >= 15 is 0 Å². The first-order valence-electron chi connectivity index (χ1n) is 16.3. The minimum absolute atomic E-state index is 0.0753. The van der Waals surface area contributed by atoms with E-state index in [4.69, 9.17) is 4.74 Å². The Morgan fingerprint density at radius 2 is 1.80 bits per heavy atom. The molecule has 1 saturated heterocycles. The third kappa shape index (κ3) is 8.59. The van der Waals surface area contributed by atoms with Gasteiger partial charge in [0, 0.05) is 42.1 Å². The molecule has 3 N–H and O–H groups in total. The molecule has 12 nitrogen and oxygen atoms in total. The van der Waals surface area contributed by atoms with E-state index in [1.165, 1.54) is 19.5 Å². The number of anilines is 2. The zero-order valence-corrected chi connectivity index (χ0v) is 28.0. The Bertz CT molecular complexity index is 2170. The van der Waals surface area contributed by atoms with Crippen molar-refractivity contribution in [2.24, 2.45) is 0 Å². The average molecular weight is 695 g/mol. The Labute approximate surface area is 292 Å². The molecule has 1 fully saturated rings. The molecule has 6 rings (SSSR count). The molecule has 2 aromatic heterocycles. The zero-order chi connectivity index (χ0) is 35.9. The molecule has 2 amide bonds. The van der Waals surface area contributed by atoms with E-state index < -0.39 is 23.1 Å². The van der Waals surface area contributed by atoms with Crippen molar-refractivity contribution < 1.29 is 23.1 Å². The summed E-state index contributed by atoms with van der Waals surface area (Å²) in [6.45, 7) is 1.95. The zero-order valence-electron chi connectivity index (χ0n) is 28.0. The fraction of sp³-hybridized carbons (Fsp3) is 0.243. The molecule has 5 aromatic rings. The summed E-state index contributed by atoms with van der Waals surface area (Å²) < 4.78 is 33.5. The molecule has 3 aromatic carbocycles. The van der Waals surface area contributed by atoms with Gasteiger partial charge in [-0.2, -0.15) is 0 Å². The van der Waals surface area contributed by atoms with Crippen LogP contribution in [-0.4, -0.2) is 76.1 Å². The Balaban J connectivity index is 1.04. The summed E-state index contributed by atoms with van der Waals surface area (Å²) in [6, 6.07) is 14.3. The summed E-state index contributed by atoms with van der Waals surface area (Å²) in [5.74, 6) is -1.99. The van der Waals surface area contributed by atoms with E-state index in [0.717, 1.165) is 59.8 Å². The van der Waals surface area contributed by atoms with E-state index in [-0.39, 0.29) is 30.6 Å². The molecule has 3 heterocycles. The number of hydrogen-bond donors (Lipinski definition) is 3. The van der Waals surface area contributed by atoms with Gasteiger partial charge in [-0.25, -0.2) is 23.7 Å². The molecule has 14 heteroatoms.